The second-order valence-electron chi connectivity index (χ2n) is 7.56. The number of rotatable bonds is 8. The lowest BCUT2D eigenvalue weighted by molar-refractivity contribution is -0.142. The molecule has 2 atom stereocenters. The minimum atomic E-state index is -1.14. The summed E-state index contributed by atoms with van der Waals surface area (Å²) in [5.74, 6) is -2.46. The first-order valence-corrected chi connectivity index (χ1v) is 11.0. The smallest absolute Gasteiger partial charge is 0.326 e. The molecule has 0 bridgehead atoms. The standard InChI is InChI=1S/C23H23Cl2N3O5/c1-33-28-18-7-2-4-15(18)21(29)27-19(23(31)32)12-13-8-10-14(11-9-13)26-22(30)20-16(24)5-3-6-17(20)25/h3,5-6,8-11,15,19H,2,4,7,12H2,1H3,(H,26,30)(H,27,29)(H,31,32)/t15?,19-/m0/s1. The number of halogens is 2. The second-order valence-corrected chi connectivity index (χ2v) is 8.38. The van der Waals surface area contributed by atoms with Gasteiger partial charge in [0.05, 0.1) is 27.2 Å². The summed E-state index contributed by atoms with van der Waals surface area (Å²) < 4.78 is 0. The molecule has 0 saturated heterocycles. The topological polar surface area (TPSA) is 117 Å². The summed E-state index contributed by atoms with van der Waals surface area (Å²) in [5, 5.41) is 19.3. The van der Waals surface area contributed by atoms with Crippen LogP contribution in [-0.4, -0.2) is 41.8 Å². The fourth-order valence-electron chi connectivity index (χ4n) is 3.68. The zero-order valence-electron chi connectivity index (χ0n) is 17.8. The number of nitrogens with one attached hydrogen (secondary N) is 2. The second kappa shape index (κ2) is 11.2. The molecule has 2 aromatic rings. The van der Waals surface area contributed by atoms with E-state index in [9.17, 15) is 19.5 Å². The Morgan fingerprint density at radius 1 is 1.15 bits per heavy atom. The van der Waals surface area contributed by atoms with Crippen LogP contribution in [-0.2, 0) is 20.8 Å². The lowest BCUT2D eigenvalue weighted by Gasteiger charge is -2.18. The van der Waals surface area contributed by atoms with Gasteiger partial charge in [-0.3, -0.25) is 9.59 Å². The third-order valence-corrected chi connectivity index (χ3v) is 5.94. The van der Waals surface area contributed by atoms with Crippen molar-refractivity contribution in [2.75, 3.05) is 12.4 Å². The summed E-state index contributed by atoms with van der Waals surface area (Å²) in [6, 6.07) is 10.3. The van der Waals surface area contributed by atoms with E-state index in [-0.39, 0.29) is 27.9 Å². The average Bonchev–Trinajstić information content (AvgIpc) is 3.23. The van der Waals surface area contributed by atoms with E-state index in [4.69, 9.17) is 28.0 Å². The lowest BCUT2D eigenvalue weighted by atomic mass is 10.0. The molecule has 1 fully saturated rings. The van der Waals surface area contributed by atoms with E-state index in [0.29, 0.717) is 29.8 Å². The number of carboxylic acids is 1. The lowest BCUT2D eigenvalue weighted by Crippen LogP contribution is -2.45. The van der Waals surface area contributed by atoms with Gasteiger partial charge in [0.1, 0.15) is 13.2 Å². The molecule has 1 aliphatic carbocycles. The highest BCUT2D eigenvalue weighted by Crippen LogP contribution is 2.26. The van der Waals surface area contributed by atoms with E-state index in [1.165, 1.54) is 7.11 Å². The Morgan fingerprint density at radius 3 is 2.42 bits per heavy atom. The third-order valence-electron chi connectivity index (χ3n) is 5.31. The highest BCUT2D eigenvalue weighted by atomic mass is 35.5. The number of carbonyl (C=O) groups is 3. The Balaban J connectivity index is 1.64. The first-order chi connectivity index (χ1) is 15.8. The minimum Gasteiger partial charge on any atom is -0.480 e. The van der Waals surface area contributed by atoms with Crippen LogP contribution in [0.5, 0.6) is 0 Å². The molecule has 0 aliphatic heterocycles. The number of oxime groups is 1. The molecule has 3 rings (SSSR count). The molecule has 0 radical (unpaired) electrons. The number of anilines is 1. The molecular formula is C23H23Cl2N3O5. The molecule has 0 heterocycles. The van der Waals surface area contributed by atoms with Gasteiger partial charge in [-0.1, -0.05) is 46.6 Å². The van der Waals surface area contributed by atoms with Crippen molar-refractivity contribution in [2.45, 2.75) is 31.7 Å². The van der Waals surface area contributed by atoms with Gasteiger partial charge >= 0.3 is 5.97 Å². The molecule has 0 spiro atoms. The Bertz CT molecular complexity index is 1050. The van der Waals surface area contributed by atoms with Crippen LogP contribution in [0.2, 0.25) is 10.0 Å². The van der Waals surface area contributed by atoms with Crippen LogP contribution >= 0.6 is 23.2 Å². The maximum absolute atomic E-state index is 12.6. The van der Waals surface area contributed by atoms with E-state index >= 15 is 0 Å². The van der Waals surface area contributed by atoms with Crippen molar-refractivity contribution in [3.05, 3.63) is 63.6 Å². The van der Waals surface area contributed by atoms with Crippen molar-refractivity contribution in [3.8, 4) is 0 Å². The maximum atomic E-state index is 12.6. The number of carbonyl (C=O) groups excluding carboxylic acids is 2. The summed E-state index contributed by atoms with van der Waals surface area (Å²) in [6.07, 6.45) is 2.13. The molecular weight excluding hydrogens is 469 g/mol. The fourth-order valence-corrected chi connectivity index (χ4v) is 4.25. The third kappa shape index (κ3) is 6.24. The Morgan fingerprint density at radius 2 is 1.82 bits per heavy atom. The van der Waals surface area contributed by atoms with E-state index in [2.05, 4.69) is 15.8 Å². The van der Waals surface area contributed by atoms with Crippen LogP contribution in [0.1, 0.15) is 35.2 Å². The van der Waals surface area contributed by atoms with Gasteiger partial charge in [-0.25, -0.2) is 4.79 Å². The number of benzene rings is 2. The molecule has 2 aromatic carbocycles. The van der Waals surface area contributed by atoms with E-state index in [0.717, 1.165) is 6.42 Å². The van der Waals surface area contributed by atoms with Crippen LogP contribution in [0.25, 0.3) is 0 Å². The summed E-state index contributed by atoms with van der Waals surface area (Å²) in [6.45, 7) is 0. The van der Waals surface area contributed by atoms with Gasteiger partial charge in [-0.05, 0) is 49.1 Å². The molecule has 0 aromatic heterocycles. The van der Waals surface area contributed by atoms with E-state index in [1.807, 2.05) is 0 Å². The number of carboxylic acid groups (broad SMARTS) is 1. The van der Waals surface area contributed by atoms with Crippen molar-refractivity contribution in [1.29, 1.82) is 0 Å². The highest BCUT2D eigenvalue weighted by Gasteiger charge is 2.32. The molecule has 8 nitrogen and oxygen atoms in total. The van der Waals surface area contributed by atoms with Gasteiger partial charge in [0.2, 0.25) is 5.91 Å². The van der Waals surface area contributed by atoms with Crippen molar-refractivity contribution < 1.29 is 24.3 Å². The average molecular weight is 492 g/mol. The molecule has 10 heteroatoms. The molecule has 2 amide bonds. The fraction of sp³-hybridized carbons (Fsp3) is 0.304. The van der Waals surface area contributed by atoms with Crippen molar-refractivity contribution in [3.63, 3.8) is 0 Å². The molecule has 33 heavy (non-hydrogen) atoms. The minimum absolute atomic E-state index is 0.0785. The summed E-state index contributed by atoms with van der Waals surface area (Å²) >= 11 is 12.1. The van der Waals surface area contributed by atoms with Gasteiger partial charge < -0.3 is 20.6 Å². The molecule has 1 saturated carbocycles. The Kier molecular flexibility index (Phi) is 8.30. The van der Waals surface area contributed by atoms with Crippen molar-refractivity contribution in [2.24, 2.45) is 11.1 Å². The quantitative estimate of drug-likeness (QED) is 0.479. The first kappa shape index (κ1) is 24.5. The predicted octanol–water partition coefficient (Wildman–Crippen LogP) is 4.16. The van der Waals surface area contributed by atoms with Crippen LogP contribution in [0.3, 0.4) is 0 Å². The van der Waals surface area contributed by atoms with Gasteiger partial charge in [-0.2, -0.15) is 0 Å². The molecule has 3 N–H and O–H groups in total. The highest BCUT2D eigenvalue weighted by molar-refractivity contribution is 6.40. The van der Waals surface area contributed by atoms with Gasteiger partial charge in [0.25, 0.3) is 5.91 Å². The number of amides is 2. The summed E-state index contributed by atoms with van der Waals surface area (Å²) in [4.78, 5) is 41.6. The number of hydrogen-bond acceptors (Lipinski definition) is 5. The summed E-state index contributed by atoms with van der Waals surface area (Å²) in [5.41, 5.74) is 1.95. The van der Waals surface area contributed by atoms with Crippen LogP contribution in [0.15, 0.2) is 47.6 Å². The van der Waals surface area contributed by atoms with Crippen LogP contribution in [0, 0.1) is 5.92 Å². The Hall–Kier alpha value is -3.10. The van der Waals surface area contributed by atoms with E-state index in [1.54, 1.807) is 42.5 Å². The normalized spacial score (nSPS) is 17.4. The van der Waals surface area contributed by atoms with Crippen molar-refractivity contribution in [1.82, 2.24) is 5.32 Å². The zero-order chi connectivity index (χ0) is 24.0. The van der Waals surface area contributed by atoms with Crippen molar-refractivity contribution >= 4 is 52.4 Å². The predicted molar refractivity (Wildman–Crippen MR) is 126 cm³/mol. The van der Waals surface area contributed by atoms with Gasteiger partial charge in [-0.15, -0.1) is 0 Å². The molecule has 1 unspecified atom stereocenters. The van der Waals surface area contributed by atoms with E-state index < -0.39 is 23.8 Å². The SMILES string of the molecule is CON=C1CCCC1C(=O)N[C@@H](Cc1ccc(NC(=O)c2c(Cl)cccc2Cl)cc1)C(=O)O. The molecule has 1 aliphatic rings. The largest absolute Gasteiger partial charge is 0.480 e. The van der Waals surface area contributed by atoms with Crippen LogP contribution < -0.4 is 10.6 Å². The summed E-state index contributed by atoms with van der Waals surface area (Å²) in [7, 11) is 1.41. The number of nitrogens with zero attached hydrogens (tertiary/aromatic N) is 1. The number of hydrogen-bond donors (Lipinski definition) is 3. The number of aliphatic carboxylic acids is 1. The monoisotopic (exact) mass is 491 g/mol. The first-order valence-electron chi connectivity index (χ1n) is 10.3. The van der Waals surface area contributed by atoms with Crippen LogP contribution in [0.4, 0.5) is 5.69 Å². The molecule has 174 valence electrons. The maximum Gasteiger partial charge on any atom is 0.326 e. The zero-order valence-corrected chi connectivity index (χ0v) is 19.3. The Labute approximate surface area is 200 Å². The van der Waals surface area contributed by atoms with Gasteiger partial charge in [0, 0.05) is 12.1 Å². The van der Waals surface area contributed by atoms with Gasteiger partial charge in [0.15, 0.2) is 0 Å².